The highest BCUT2D eigenvalue weighted by Crippen LogP contribution is 2.56. The van der Waals surface area contributed by atoms with Gasteiger partial charge in [0.1, 0.15) is 11.6 Å². The van der Waals surface area contributed by atoms with Crippen LogP contribution in [-0.2, 0) is 16.4 Å². The summed E-state index contributed by atoms with van der Waals surface area (Å²) < 4.78 is 40.7. The van der Waals surface area contributed by atoms with Crippen LogP contribution in [0.3, 0.4) is 0 Å². The van der Waals surface area contributed by atoms with E-state index in [-0.39, 0.29) is 16.2 Å². The van der Waals surface area contributed by atoms with E-state index in [2.05, 4.69) is 22.1 Å². The Morgan fingerprint density at radius 3 is 2.65 bits per heavy atom. The van der Waals surface area contributed by atoms with Gasteiger partial charge in [-0.3, -0.25) is 5.10 Å². The van der Waals surface area contributed by atoms with Crippen molar-refractivity contribution in [2.45, 2.75) is 49.8 Å². The smallest absolute Gasteiger partial charge is 0.243 e. The van der Waals surface area contributed by atoms with E-state index in [9.17, 15) is 12.8 Å². The van der Waals surface area contributed by atoms with E-state index in [1.54, 1.807) is 0 Å². The standard InChI is InChI=1S/C18H23FN4O2S/c1-2-4-16-20-17(22-21-16)15-11-23(12-18(15)9-3-10-18)26(24,25)14-7-5-13(19)6-8-14/h5-8,15H,2-4,9-12H2,1H3,(H,20,21,22). The number of nitrogens with zero attached hydrogens (tertiary/aromatic N) is 3. The fourth-order valence-corrected chi connectivity index (χ4v) is 5.72. The van der Waals surface area contributed by atoms with E-state index in [0.29, 0.717) is 13.1 Å². The van der Waals surface area contributed by atoms with Crippen LogP contribution in [0.4, 0.5) is 4.39 Å². The molecular weight excluding hydrogens is 355 g/mol. The van der Waals surface area contributed by atoms with Gasteiger partial charge in [-0.05, 0) is 48.9 Å². The third kappa shape index (κ3) is 2.85. The van der Waals surface area contributed by atoms with E-state index < -0.39 is 15.8 Å². The summed E-state index contributed by atoms with van der Waals surface area (Å²) in [6.07, 6.45) is 4.91. The predicted molar refractivity (Wildman–Crippen MR) is 94.6 cm³/mol. The lowest BCUT2D eigenvalue weighted by atomic mass is 9.62. The maximum absolute atomic E-state index is 13.2. The molecule has 0 radical (unpaired) electrons. The number of aromatic amines is 1. The average molecular weight is 378 g/mol. The zero-order valence-corrected chi connectivity index (χ0v) is 15.6. The van der Waals surface area contributed by atoms with E-state index in [0.717, 1.165) is 43.8 Å². The first-order chi connectivity index (χ1) is 12.4. The molecule has 4 rings (SSSR count). The van der Waals surface area contributed by atoms with Crippen molar-refractivity contribution in [2.75, 3.05) is 13.1 Å². The van der Waals surface area contributed by atoms with Gasteiger partial charge >= 0.3 is 0 Å². The highest BCUT2D eigenvalue weighted by atomic mass is 32.2. The number of hydrogen-bond donors (Lipinski definition) is 1. The minimum Gasteiger partial charge on any atom is -0.263 e. The molecule has 1 unspecified atom stereocenters. The van der Waals surface area contributed by atoms with Crippen molar-refractivity contribution >= 4 is 10.0 Å². The maximum Gasteiger partial charge on any atom is 0.243 e. The molecule has 8 heteroatoms. The van der Waals surface area contributed by atoms with Gasteiger partial charge in [0.25, 0.3) is 0 Å². The molecule has 0 bridgehead atoms. The summed E-state index contributed by atoms with van der Waals surface area (Å²) in [7, 11) is -3.65. The minimum absolute atomic E-state index is 0.00771. The first-order valence-electron chi connectivity index (χ1n) is 9.11. The molecule has 2 aromatic rings. The van der Waals surface area contributed by atoms with E-state index in [1.807, 2.05) is 0 Å². The van der Waals surface area contributed by atoms with Crippen molar-refractivity contribution in [1.82, 2.24) is 19.5 Å². The third-order valence-electron chi connectivity index (χ3n) is 5.76. The molecule has 140 valence electrons. The zero-order valence-electron chi connectivity index (χ0n) is 14.8. The lowest BCUT2D eigenvalue weighted by Gasteiger charge is -2.41. The molecule has 1 aromatic carbocycles. The molecule has 1 aromatic heterocycles. The Kier molecular flexibility index (Phi) is 4.35. The van der Waals surface area contributed by atoms with Crippen LogP contribution in [0, 0.1) is 11.2 Å². The van der Waals surface area contributed by atoms with Crippen molar-refractivity contribution < 1.29 is 12.8 Å². The molecule has 1 aliphatic heterocycles. The minimum atomic E-state index is -3.65. The predicted octanol–water partition coefficient (Wildman–Crippen LogP) is 2.85. The van der Waals surface area contributed by atoms with Crippen molar-refractivity contribution in [3.05, 3.63) is 41.7 Å². The number of hydrogen-bond acceptors (Lipinski definition) is 4. The summed E-state index contributed by atoms with van der Waals surface area (Å²) >= 11 is 0. The molecule has 1 spiro atoms. The molecule has 2 aliphatic rings. The summed E-state index contributed by atoms with van der Waals surface area (Å²) in [5, 5.41) is 7.38. The summed E-state index contributed by atoms with van der Waals surface area (Å²) in [6.45, 7) is 2.94. The number of benzene rings is 1. The van der Waals surface area contributed by atoms with Gasteiger partial charge in [-0.2, -0.15) is 9.40 Å². The summed E-state index contributed by atoms with van der Waals surface area (Å²) in [5.74, 6) is 1.15. The molecule has 0 amide bonds. The number of rotatable bonds is 5. The number of halogens is 1. The Bertz CT molecular complexity index is 890. The first-order valence-corrected chi connectivity index (χ1v) is 10.6. The largest absolute Gasteiger partial charge is 0.263 e. The lowest BCUT2D eigenvalue weighted by molar-refractivity contribution is 0.127. The topological polar surface area (TPSA) is 79.0 Å². The lowest BCUT2D eigenvalue weighted by Crippen LogP contribution is -2.38. The molecular formula is C18H23FN4O2S. The Morgan fingerprint density at radius 2 is 2.04 bits per heavy atom. The van der Waals surface area contributed by atoms with Gasteiger partial charge in [0.2, 0.25) is 10.0 Å². The third-order valence-corrected chi connectivity index (χ3v) is 7.59. The van der Waals surface area contributed by atoms with Crippen LogP contribution in [0.25, 0.3) is 0 Å². The first kappa shape index (κ1) is 17.6. The van der Waals surface area contributed by atoms with E-state index in [1.165, 1.54) is 28.6 Å². The van der Waals surface area contributed by atoms with E-state index in [4.69, 9.17) is 0 Å². The van der Waals surface area contributed by atoms with Crippen molar-refractivity contribution in [3.8, 4) is 0 Å². The molecule has 1 aliphatic carbocycles. The van der Waals surface area contributed by atoms with Crippen molar-refractivity contribution in [1.29, 1.82) is 0 Å². The normalized spacial score (nSPS) is 22.6. The van der Waals surface area contributed by atoms with Crippen LogP contribution in [0.15, 0.2) is 29.2 Å². The van der Waals surface area contributed by atoms with Crippen molar-refractivity contribution in [3.63, 3.8) is 0 Å². The van der Waals surface area contributed by atoms with Crippen LogP contribution in [-0.4, -0.2) is 41.0 Å². The molecule has 6 nitrogen and oxygen atoms in total. The van der Waals surface area contributed by atoms with Gasteiger partial charge in [0, 0.05) is 25.4 Å². The van der Waals surface area contributed by atoms with Gasteiger partial charge in [-0.25, -0.2) is 17.8 Å². The molecule has 1 saturated heterocycles. The number of nitrogens with one attached hydrogen (secondary N) is 1. The zero-order chi connectivity index (χ0) is 18.4. The van der Waals surface area contributed by atoms with Gasteiger partial charge in [0.05, 0.1) is 4.90 Å². The van der Waals surface area contributed by atoms with Crippen LogP contribution in [0.5, 0.6) is 0 Å². The van der Waals surface area contributed by atoms with Gasteiger partial charge in [-0.15, -0.1) is 0 Å². The molecule has 26 heavy (non-hydrogen) atoms. The molecule has 1 saturated carbocycles. The Balaban J connectivity index is 1.63. The Morgan fingerprint density at radius 1 is 1.31 bits per heavy atom. The fourth-order valence-electron chi connectivity index (χ4n) is 4.17. The molecule has 2 fully saturated rings. The second-order valence-electron chi connectivity index (χ2n) is 7.41. The summed E-state index contributed by atoms with van der Waals surface area (Å²) in [5.41, 5.74) is -0.0707. The SMILES string of the molecule is CCCc1nc(C2CN(S(=O)(=O)c3ccc(F)cc3)CC23CCC3)n[nH]1. The maximum atomic E-state index is 13.2. The highest BCUT2D eigenvalue weighted by Gasteiger charge is 2.55. The van der Waals surface area contributed by atoms with Crippen LogP contribution in [0.1, 0.15) is 50.2 Å². The molecule has 1 atom stereocenters. The Hall–Kier alpha value is -1.80. The van der Waals surface area contributed by atoms with E-state index >= 15 is 0 Å². The monoisotopic (exact) mass is 378 g/mol. The average Bonchev–Trinajstić information content (AvgIpc) is 3.19. The van der Waals surface area contributed by atoms with Gasteiger partial charge in [0.15, 0.2) is 5.82 Å². The van der Waals surface area contributed by atoms with Crippen molar-refractivity contribution in [2.24, 2.45) is 5.41 Å². The number of sulfonamides is 1. The number of H-pyrrole nitrogens is 1. The highest BCUT2D eigenvalue weighted by molar-refractivity contribution is 7.89. The Labute approximate surface area is 152 Å². The quantitative estimate of drug-likeness (QED) is 0.868. The molecule has 1 N–H and O–H groups in total. The fraction of sp³-hybridized carbons (Fsp3) is 0.556. The van der Waals surface area contributed by atoms with Gasteiger partial charge in [-0.1, -0.05) is 13.3 Å². The van der Waals surface area contributed by atoms with Gasteiger partial charge < -0.3 is 0 Å². The van der Waals surface area contributed by atoms with Crippen LogP contribution in [0.2, 0.25) is 0 Å². The number of aromatic nitrogens is 3. The second kappa shape index (κ2) is 6.42. The number of aryl methyl sites for hydroxylation is 1. The summed E-state index contributed by atoms with van der Waals surface area (Å²) in [6, 6.07) is 5.03. The van der Waals surface area contributed by atoms with Crippen LogP contribution < -0.4 is 0 Å². The molecule has 2 heterocycles. The second-order valence-corrected chi connectivity index (χ2v) is 9.35. The summed E-state index contributed by atoms with van der Waals surface area (Å²) in [4.78, 5) is 4.76. The van der Waals surface area contributed by atoms with Crippen LogP contribution >= 0.6 is 0 Å².